The van der Waals surface area contributed by atoms with Crippen molar-refractivity contribution in [3.8, 4) is 0 Å². The van der Waals surface area contributed by atoms with E-state index in [4.69, 9.17) is 4.74 Å². The molecule has 1 aliphatic carbocycles. The van der Waals surface area contributed by atoms with Crippen LogP contribution in [-0.4, -0.2) is 22.6 Å². The van der Waals surface area contributed by atoms with Crippen molar-refractivity contribution in [2.45, 2.75) is 90.6 Å². The van der Waals surface area contributed by atoms with Crippen LogP contribution < -0.4 is 0 Å². The van der Waals surface area contributed by atoms with Crippen LogP contribution in [0.4, 0.5) is 0 Å². The van der Waals surface area contributed by atoms with Gasteiger partial charge in [0, 0.05) is 5.92 Å². The summed E-state index contributed by atoms with van der Waals surface area (Å²) in [6.45, 7) is 13.5. The molecule has 0 saturated heterocycles. The maximum absolute atomic E-state index is 13.0. The van der Waals surface area contributed by atoms with Gasteiger partial charge in [-0.25, -0.2) is 4.79 Å². The third-order valence-corrected chi connectivity index (χ3v) is 7.28. The van der Waals surface area contributed by atoms with Crippen LogP contribution in [0.2, 0.25) is 0 Å². The van der Waals surface area contributed by atoms with Crippen LogP contribution in [0.1, 0.15) is 101 Å². The molecule has 1 fully saturated rings. The zero-order valence-electron chi connectivity index (χ0n) is 21.0. The summed E-state index contributed by atoms with van der Waals surface area (Å²) in [7, 11) is 0. The van der Waals surface area contributed by atoms with E-state index in [0.29, 0.717) is 17.4 Å². The summed E-state index contributed by atoms with van der Waals surface area (Å²) in [5.41, 5.74) is 13.9. The molecule has 0 bridgehead atoms. The summed E-state index contributed by atoms with van der Waals surface area (Å²) in [5, 5.41) is 0. The minimum Gasteiger partial charge on any atom is -0.453 e. The average molecular weight is 447 g/mol. The van der Waals surface area contributed by atoms with Gasteiger partial charge in [0.25, 0.3) is 0 Å². The molecule has 0 N–H and O–H groups in total. The Labute approximate surface area is 199 Å². The quantitative estimate of drug-likeness (QED) is 0.198. The Hall–Kier alpha value is -2.71. The molecule has 0 aromatic heterocycles. The first-order valence-corrected chi connectivity index (χ1v) is 12.3. The largest absolute Gasteiger partial charge is 0.453 e. The first kappa shape index (κ1) is 24.9. The molecule has 0 amide bonds. The second-order valence-electron chi connectivity index (χ2n) is 10.6. The summed E-state index contributed by atoms with van der Waals surface area (Å²) < 4.78 is 6.04. The Bertz CT molecular complexity index is 991. The molecular weight excluding hydrogens is 408 g/mol. The molecule has 2 aromatic carbocycles. The summed E-state index contributed by atoms with van der Waals surface area (Å²) >= 11 is 0. The van der Waals surface area contributed by atoms with E-state index in [2.05, 4.69) is 64.5 Å². The molecule has 4 heteroatoms. The lowest BCUT2D eigenvalue weighted by Crippen LogP contribution is -2.43. The normalized spacial score (nSPS) is 18.8. The van der Waals surface area contributed by atoms with Crippen molar-refractivity contribution in [3.63, 3.8) is 0 Å². The van der Waals surface area contributed by atoms with Crippen LogP contribution >= 0.6 is 0 Å². The number of ether oxygens (including phenoxy) is 1. The maximum Gasteiger partial charge on any atom is 0.422 e. The second-order valence-corrected chi connectivity index (χ2v) is 10.6. The fourth-order valence-corrected chi connectivity index (χ4v) is 5.00. The van der Waals surface area contributed by atoms with Gasteiger partial charge < -0.3 is 10.3 Å². The van der Waals surface area contributed by atoms with Crippen LogP contribution in [-0.2, 0) is 14.9 Å². The zero-order valence-corrected chi connectivity index (χ0v) is 21.0. The van der Waals surface area contributed by atoms with Crippen molar-refractivity contribution in [2.24, 2.45) is 5.92 Å². The lowest BCUT2D eigenvalue weighted by atomic mass is 9.65. The lowest BCUT2D eigenvalue weighted by molar-refractivity contribution is -0.151. The Morgan fingerprint density at radius 3 is 2.09 bits per heavy atom. The van der Waals surface area contributed by atoms with E-state index in [1.807, 2.05) is 18.2 Å². The van der Waals surface area contributed by atoms with Crippen LogP contribution in [0.15, 0.2) is 48.5 Å². The summed E-state index contributed by atoms with van der Waals surface area (Å²) in [4.78, 5) is 16.3. The number of carbonyl (C=O) groups excluding carboxylic acids is 1. The number of carbonyl (C=O) groups is 1. The monoisotopic (exact) mass is 446 g/mol. The first-order valence-electron chi connectivity index (χ1n) is 12.3. The first-order chi connectivity index (χ1) is 15.6. The molecule has 4 nitrogen and oxygen atoms in total. The summed E-state index contributed by atoms with van der Waals surface area (Å²) in [5.74, 6) is 0.531. The number of nitrogens with zero attached hydrogens (tertiary/aromatic N) is 2. The zero-order chi connectivity index (χ0) is 24.2. The fourth-order valence-electron chi connectivity index (χ4n) is 5.00. The Balaban J connectivity index is 1.92. The number of hydrogen-bond donors (Lipinski definition) is 0. The molecule has 2 atom stereocenters. The molecule has 0 radical (unpaired) electrons. The van der Waals surface area contributed by atoms with Gasteiger partial charge in [-0.1, -0.05) is 84.4 Å². The molecule has 0 spiro atoms. The molecule has 1 aliphatic rings. The van der Waals surface area contributed by atoms with Gasteiger partial charge >= 0.3 is 11.7 Å². The summed E-state index contributed by atoms with van der Waals surface area (Å²) in [6, 6.07) is 16.0. The third kappa shape index (κ3) is 5.62. The molecule has 0 unspecified atom stereocenters. The predicted molar refractivity (Wildman–Crippen MR) is 134 cm³/mol. The smallest absolute Gasteiger partial charge is 0.422 e. The molecule has 0 aliphatic heterocycles. The minimum absolute atomic E-state index is 0.0402. The molecule has 0 heterocycles. The van der Waals surface area contributed by atoms with Crippen molar-refractivity contribution >= 4 is 11.7 Å². The number of esters is 1. The van der Waals surface area contributed by atoms with Crippen LogP contribution in [0, 0.1) is 5.92 Å². The molecule has 2 aromatic rings. The molecular formula is C29H38N2O2. The van der Waals surface area contributed by atoms with E-state index in [-0.39, 0.29) is 23.1 Å². The van der Waals surface area contributed by atoms with Gasteiger partial charge in [-0.3, -0.25) is 0 Å². The van der Waals surface area contributed by atoms with E-state index in [9.17, 15) is 10.3 Å². The van der Waals surface area contributed by atoms with Crippen molar-refractivity contribution < 1.29 is 14.3 Å². The van der Waals surface area contributed by atoms with E-state index in [0.717, 1.165) is 25.7 Å². The van der Waals surface area contributed by atoms with Crippen LogP contribution in [0.5, 0.6) is 0 Å². The predicted octanol–water partition coefficient (Wildman–Crippen LogP) is 7.03. The Morgan fingerprint density at radius 1 is 0.970 bits per heavy atom. The second kappa shape index (κ2) is 10.5. The Morgan fingerprint density at radius 2 is 1.55 bits per heavy atom. The van der Waals surface area contributed by atoms with Gasteiger partial charge in [0.2, 0.25) is 0 Å². The highest BCUT2D eigenvalue weighted by molar-refractivity contribution is 6.40. The van der Waals surface area contributed by atoms with Gasteiger partial charge in [0.05, 0.1) is 5.56 Å². The highest BCUT2D eigenvalue weighted by Gasteiger charge is 2.42. The van der Waals surface area contributed by atoms with Crippen molar-refractivity contribution in [3.05, 3.63) is 76.3 Å². The maximum atomic E-state index is 13.0. The average Bonchev–Trinajstić information content (AvgIpc) is 2.80. The van der Waals surface area contributed by atoms with Gasteiger partial charge in [0.15, 0.2) is 0 Å². The van der Waals surface area contributed by atoms with Gasteiger partial charge in [-0.15, -0.1) is 0 Å². The lowest BCUT2D eigenvalue weighted by Gasteiger charge is -2.42. The van der Waals surface area contributed by atoms with Crippen molar-refractivity contribution in [1.82, 2.24) is 0 Å². The van der Waals surface area contributed by atoms with E-state index in [1.165, 1.54) is 16.7 Å². The Kier molecular flexibility index (Phi) is 7.92. The van der Waals surface area contributed by atoms with Gasteiger partial charge in [0.1, 0.15) is 6.10 Å². The van der Waals surface area contributed by atoms with Crippen molar-refractivity contribution in [1.29, 1.82) is 0 Å². The minimum atomic E-state index is -0.560. The highest BCUT2D eigenvalue weighted by atomic mass is 16.5. The molecule has 33 heavy (non-hydrogen) atoms. The van der Waals surface area contributed by atoms with E-state index in [1.54, 1.807) is 12.1 Å². The number of benzene rings is 2. The van der Waals surface area contributed by atoms with Gasteiger partial charge in [-0.05, 0) is 65.3 Å². The van der Waals surface area contributed by atoms with Crippen LogP contribution in [0.25, 0.3) is 5.53 Å². The van der Waals surface area contributed by atoms with Gasteiger partial charge in [-0.2, -0.15) is 4.79 Å². The number of rotatable bonds is 7. The third-order valence-electron chi connectivity index (χ3n) is 7.28. The molecule has 3 rings (SSSR count). The SMILES string of the molecule is CC(C)c1cc(C(C)C)cc(C(C)(C)[C@@H]2CCCC[C@H]2OC(=O)C(=[N+]=[N-])c2ccccc2)c1. The fraction of sp³-hybridized carbons (Fsp3) is 0.517. The van der Waals surface area contributed by atoms with E-state index < -0.39 is 5.97 Å². The number of hydrogen-bond acceptors (Lipinski definition) is 2. The van der Waals surface area contributed by atoms with Crippen molar-refractivity contribution in [2.75, 3.05) is 0 Å². The summed E-state index contributed by atoms with van der Waals surface area (Å²) in [6.07, 6.45) is 3.78. The van der Waals surface area contributed by atoms with E-state index >= 15 is 0 Å². The highest BCUT2D eigenvalue weighted by Crippen LogP contribution is 2.43. The molecule has 176 valence electrons. The standard InChI is InChI=1S/C29H38N2O2/c1-19(2)22-16-23(20(3)4)18-24(17-22)29(5,6)25-14-10-11-15-26(25)33-28(32)27(31-30)21-12-8-7-9-13-21/h7-9,12-13,16-20,25-26H,10-11,14-15H2,1-6H3/t25-,26-/m1/s1. The molecule has 1 saturated carbocycles. The van der Waals surface area contributed by atoms with Crippen LogP contribution in [0.3, 0.4) is 0 Å². The topological polar surface area (TPSA) is 62.7 Å².